The Morgan fingerprint density at radius 3 is 2.29 bits per heavy atom. The highest BCUT2D eigenvalue weighted by Crippen LogP contribution is 2.25. The number of benzene rings is 2. The fourth-order valence-corrected chi connectivity index (χ4v) is 4.23. The zero-order chi connectivity index (χ0) is 23.2. The van der Waals surface area contributed by atoms with Crippen LogP contribution in [0.3, 0.4) is 0 Å². The van der Waals surface area contributed by atoms with Crippen molar-refractivity contribution in [1.82, 2.24) is 10.2 Å². The predicted molar refractivity (Wildman–Crippen MR) is 124 cm³/mol. The van der Waals surface area contributed by atoms with Gasteiger partial charge in [-0.1, -0.05) is 54.9 Å². The van der Waals surface area contributed by atoms with Crippen molar-refractivity contribution < 1.29 is 18.0 Å². The molecular formula is C22H28ClN3O4S. The number of aryl methyl sites for hydroxylation is 1. The number of nitrogens with one attached hydrogen (secondary N) is 1. The molecule has 0 saturated carbocycles. The number of sulfonamides is 1. The minimum Gasteiger partial charge on any atom is -0.357 e. The summed E-state index contributed by atoms with van der Waals surface area (Å²) < 4.78 is 26.0. The highest BCUT2D eigenvalue weighted by atomic mass is 35.5. The van der Waals surface area contributed by atoms with Crippen LogP contribution in [0.5, 0.6) is 0 Å². The van der Waals surface area contributed by atoms with Crippen LogP contribution in [0.15, 0.2) is 48.5 Å². The number of carbonyl (C=O) groups excluding carboxylic acids is 2. The molecule has 0 radical (unpaired) electrons. The van der Waals surface area contributed by atoms with Crippen LogP contribution < -0.4 is 9.62 Å². The van der Waals surface area contributed by atoms with Gasteiger partial charge in [-0.3, -0.25) is 13.9 Å². The van der Waals surface area contributed by atoms with Gasteiger partial charge in [0.05, 0.1) is 11.9 Å². The first kappa shape index (κ1) is 24.7. The van der Waals surface area contributed by atoms with E-state index in [0.29, 0.717) is 17.1 Å². The number of anilines is 1. The lowest BCUT2D eigenvalue weighted by atomic mass is 10.1. The Bertz CT molecular complexity index is 1030. The Hall–Kier alpha value is -2.58. The maximum Gasteiger partial charge on any atom is 0.244 e. The van der Waals surface area contributed by atoms with Gasteiger partial charge in [0, 0.05) is 18.6 Å². The summed E-state index contributed by atoms with van der Waals surface area (Å²) in [6.45, 7) is 3.34. The smallest absolute Gasteiger partial charge is 0.244 e. The van der Waals surface area contributed by atoms with Crippen LogP contribution >= 0.6 is 11.6 Å². The number of hydrogen-bond acceptors (Lipinski definition) is 4. The fraction of sp³-hybridized carbons (Fsp3) is 0.364. The minimum atomic E-state index is -3.78. The fourth-order valence-electron chi connectivity index (χ4n) is 3.22. The van der Waals surface area contributed by atoms with Gasteiger partial charge in [0.25, 0.3) is 0 Å². The van der Waals surface area contributed by atoms with Gasteiger partial charge in [0.15, 0.2) is 0 Å². The molecule has 0 unspecified atom stereocenters. The van der Waals surface area contributed by atoms with Crippen molar-refractivity contribution in [2.24, 2.45) is 0 Å². The van der Waals surface area contributed by atoms with Crippen molar-refractivity contribution in [3.63, 3.8) is 0 Å². The first-order valence-corrected chi connectivity index (χ1v) is 12.1. The van der Waals surface area contributed by atoms with Gasteiger partial charge in [0.1, 0.15) is 12.6 Å². The van der Waals surface area contributed by atoms with Crippen LogP contribution in [0.2, 0.25) is 5.02 Å². The van der Waals surface area contributed by atoms with Gasteiger partial charge >= 0.3 is 0 Å². The van der Waals surface area contributed by atoms with E-state index < -0.39 is 28.5 Å². The molecule has 2 aromatic rings. The highest BCUT2D eigenvalue weighted by Gasteiger charge is 2.31. The third kappa shape index (κ3) is 6.45. The number of rotatable bonds is 9. The van der Waals surface area contributed by atoms with E-state index >= 15 is 0 Å². The molecule has 7 nitrogen and oxygen atoms in total. The molecule has 2 amide bonds. The lowest BCUT2D eigenvalue weighted by molar-refractivity contribution is -0.140. The maximum atomic E-state index is 13.4. The van der Waals surface area contributed by atoms with Crippen molar-refractivity contribution in [2.75, 3.05) is 24.2 Å². The molecule has 0 aliphatic carbocycles. The average Bonchev–Trinajstić information content (AvgIpc) is 2.73. The van der Waals surface area contributed by atoms with Gasteiger partial charge in [0.2, 0.25) is 21.8 Å². The molecule has 0 aromatic heterocycles. The van der Waals surface area contributed by atoms with E-state index in [0.717, 1.165) is 21.7 Å². The van der Waals surface area contributed by atoms with Crippen LogP contribution in [0.1, 0.15) is 24.5 Å². The summed E-state index contributed by atoms with van der Waals surface area (Å²) in [5.41, 5.74) is 1.92. The molecule has 1 atom stereocenters. The molecule has 0 aliphatic heterocycles. The molecule has 0 fully saturated rings. The second-order valence-electron chi connectivity index (χ2n) is 7.25. The third-order valence-corrected chi connectivity index (χ3v) is 6.50. The van der Waals surface area contributed by atoms with E-state index in [2.05, 4.69) is 5.32 Å². The zero-order valence-corrected chi connectivity index (χ0v) is 19.7. The molecule has 0 heterocycles. The summed E-state index contributed by atoms with van der Waals surface area (Å²) in [6, 6.07) is 13.3. The van der Waals surface area contributed by atoms with Gasteiger partial charge in [-0.05, 0) is 36.6 Å². The first-order chi connectivity index (χ1) is 14.6. The number of nitrogens with zero attached hydrogens (tertiary/aromatic N) is 2. The van der Waals surface area contributed by atoms with Gasteiger partial charge in [-0.2, -0.15) is 0 Å². The normalized spacial score (nSPS) is 12.2. The van der Waals surface area contributed by atoms with Gasteiger partial charge in [-0.25, -0.2) is 8.42 Å². The van der Waals surface area contributed by atoms with Crippen molar-refractivity contribution in [3.05, 3.63) is 64.7 Å². The van der Waals surface area contributed by atoms with Crippen molar-refractivity contribution in [3.8, 4) is 0 Å². The van der Waals surface area contributed by atoms with E-state index in [4.69, 9.17) is 11.6 Å². The van der Waals surface area contributed by atoms with E-state index in [1.807, 2.05) is 30.3 Å². The minimum absolute atomic E-state index is 0.178. The predicted octanol–water partition coefficient (Wildman–Crippen LogP) is 2.97. The van der Waals surface area contributed by atoms with Crippen LogP contribution in [0.25, 0.3) is 0 Å². The molecule has 0 aliphatic rings. The summed E-state index contributed by atoms with van der Waals surface area (Å²) in [5, 5.41) is 2.98. The molecule has 9 heteroatoms. The summed E-state index contributed by atoms with van der Waals surface area (Å²) in [6.07, 6.45) is 1.42. The Morgan fingerprint density at radius 1 is 1.13 bits per heavy atom. The molecule has 168 valence electrons. The zero-order valence-electron chi connectivity index (χ0n) is 18.1. The second kappa shape index (κ2) is 10.6. The molecular weight excluding hydrogens is 438 g/mol. The quantitative estimate of drug-likeness (QED) is 0.616. The largest absolute Gasteiger partial charge is 0.357 e. The van der Waals surface area contributed by atoms with Gasteiger partial charge < -0.3 is 10.2 Å². The van der Waals surface area contributed by atoms with Crippen LogP contribution in [-0.2, 0) is 26.2 Å². The van der Waals surface area contributed by atoms with Crippen LogP contribution in [0, 0.1) is 6.92 Å². The highest BCUT2D eigenvalue weighted by molar-refractivity contribution is 7.92. The van der Waals surface area contributed by atoms with E-state index in [1.54, 1.807) is 26.0 Å². The summed E-state index contributed by atoms with van der Waals surface area (Å²) in [7, 11) is -2.27. The van der Waals surface area contributed by atoms with Crippen LogP contribution in [0.4, 0.5) is 5.69 Å². The molecule has 0 saturated heterocycles. The van der Waals surface area contributed by atoms with Crippen molar-refractivity contribution >= 4 is 39.1 Å². The van der Waals surface area contributed by atoms with Crippen molar-refractivity contribution in [2.45, 2.75) is 32.9 Å². The van der Waals surface area contributed by atoms with Gasteiger partial charge in [-0.15, -0.1) is 0 Å². The summed E-state index contributed by atoms with van der Waals surface area (Å²) in [5.74, 6) is -0.794. The number of hydrogen-bond donors (Lipinski definition) is 1. The molecule has 31 heavy (non-hydrogen) atoms. The SMILES string of the molecule is CC[C@H](C(=O)NC)N(Cc1ccccc1)C(=O)CN(c1ccc(C)c(Cl)c1)S(C)(=O)=O. The Balaban J connectivity index is 2.42. The monoisotopic (exact) mass is 465 g/mol. The molecule has 0 spiro atoms. The summed E-state index contributed by atoms with van der Waals surface area (Å²) in [4.78, 5) is 27.2. The molecule has 2 aromatic carbocycles. The lowest BCUT2D eigenvalue weighted by Gasteiger charge is -2.32. The number of halogens is 1. The Labute approximate surface area is 189 Å². The topological polar surface area (TPSA) is 86.8 Å². The van der Waals surface area contributed by atoms with E-state index in [1.165, 1.54) is 18.0 Å². The number of amides is 2. The van der Waals surface area contributed by atoms with E-state index in [-0.39, 0.29) is 12.5 Å². The lowest BCUT2D eigenvalue weighted by Crippen LogP contribution is -2.51. The number of likely N-dealkylation sites (N-methyl/N-ethyl adjacent to an activating group) is 1. The molecule has 0 bridgehead atoms. The van der Waals surface area contributed by atoms with Crippen molar-refractivity contribution in [1.29, 1.82) is 0 Å². The Morgan fingerprint density at radius 2 is 1.77 bits per heavy atom. The first-order valence-electron chi connectivity index (χ1n) is 9.87. The summed E-state index contributed by atoms with van der Waals surface area (Å²) >= 11 is 6.18. The van der Waals surface area contributed by atoms with E-state index in [9.17, 15) is 18.0 Å². The third-order valence-electron chi connectivity index (χ3n) is 4.95. The number of carbonyl (C=O) groups is 2. The maximum absolute atomic E-state index is 13.4. The molecule has 1 N–H and O–H groups in total. The van der Waals surface area contributed by atoms with Crippen LogP contribution in [-0.4, -0.2) is 51.0 Å². The Kier molecular flexibility index (Phi) is 8.47. The average molecular weight is 466 g/mol. The second-order valence-corrected chi connectivity index (χ2v) is 9.56. The standard InChI is InChI=1S/C22H28ClN3O4S/c1-5-20(22(28)24-3)25(14-17-9-7-6-8-10-17)21(27)15-26(31(4,29)30)18-12-11-16(2)19(23)13-18/h6-13,20H,5,14-15H2,1-4H3,(H,24,28)/t20-/m1/s1. The molecule has 2 rings (SSSR count).